The number of hydrogen-bond acceptors (Lipinski definition) is 3. The summed E-state index contributed by atoms with van der Waals surface area (Å²) in [5.74, 6) is 0.00248. The van der Waals surface area contributed by atoms with Gasteiger partial charge in [-0.3, -0.25) is 10.1 Å². The molecule has 1 fully saturated rings. The Morgan fingerprint density at radius 2 is 2.16 bits per heavy atom. The minimum atomic E-state index is -0.739. The molecular formula is C15H24O4. The minimum Gasteiger partial charge on any atom is -0.481 e. The van der Waals surface area contributed by atoms with E-state index in [2.05, 4.69) is 11.8 Å². The average molecular weight is 268 g/mol. The minimum absolute atomic E-state index is 0.0773. The lowest BCUT2D eigenvalue weighted by Gasteiger charge is -2.44. The number of aliphatic carboxylic acids is 1. The normalized spacial score (nSPS) is 40.2. The Bertz CT molecular complexity index is 390. The van der Waals surface area contributed by atoms with Crippen LogP contribution < -0.4 is 0 Å². The molecule has 0 aromatic carbocycles. The molecule has 0 bridgehead atoms. The maximum Gasteiger partial charge on any atom is 0.306 e. The van der Waals surface area contributed by atoms with E-state index in [9.17, 15) is 9.90 Å². The third kappa shape index (κ3) is 2.70. The lowest BCUT2D eigenvalue weighted by molar-refractivity contribution is -0.306. The van der Waals surface area contributed by atoms with Crippen LogP contribution in [0, 0.1) is 23.7 Å². The fraction of sp³-hybridized carbons (Fsp3) is 0.800. The topological polar surface area (TPSA) is 66.8 Å². The van der Waals surface area contributed by atoms with Crippen molar-refractivity contribution in [2.45, 2.75) is 52.1 Å². The van der Waals surface area contributed by atoms with E-state index in [1.807, 2.05) is 13.0 Å². The molecule has 0 aromatic rings. The molecule has 0 saturated heterocycles. The summed E-state index contributed by atoms with van der Waals surface area (Å²) in [5.41, 5.74) is 0.538. The molecule has 0 heterocycles. The van der Waals surface area contributed by atoms with Crippen LogP contribution in [0.15, 0.2) is 11.6 Å². The largest absolute Gasteiger partial charge is 0.481 e. The summed E-state index contributed by atoms with van der Waals surface area (Å²) >= 11 is 0. The zero-order valence-corrected chi connectivity index (χ0v) is 11.9. The molecule has 108 valence electrons. The van der Waals surface area contributed by atoms with Crippen LogP contribution in [0.25, 0.3) is 0 Å². The van der Waals surface area contributed by atoms with Crippen LogP contribution in [0.5, 0.6) is 0 Å². The first-order valence-electron chi connectivity index (χ1n) is 7.16. The van der Waals surface area contributed by atoms with Crippen molar-refractivity contribution in [3.05, 3.63) is 11.6 Å². The maximum absolute atomic E-state index is 11.3. The van der Waals surface area contributed by atoms with Crippen LogP contribution in [0.3, 0.4) is 0 Å². The molecule has 0 aliphatic heterocycles. The van der Waals surface area contributed by atoms with Crippen molar-refractivity contribution in [3.63, 3.8) is 0 Å². The van der Waals surface area contributed by atoms with Crippen molar-refractivity contribution >= 4 is 5.97 Å². The first-order chi connectivity index (χ1) is 8.88. The van der Waals surface area contributed by atoms with Gasteiger partial charge in [-0.1, -0.05) is 25.5 Å². The Labute approximate surface area is 114 Å². The summed E-state index contributed by atoms with van der Waals surface area (Å²) in [6.45, 7) is 5.88. The molecule has 19 heavy (non-hydrogen) atoms. The van der Waals surface area contributed by atoms with Crippen molar-refractivity contribution < 1.29 is 20.0 Å². The number of rotatable bonds is 3. The Morgan fingerprint density at radius 1 is 1.47 bits per heavy atom. The van der Waals surface area contributed by atoms with Crippen LogP contribution in [-0.2, 0) is 9.68 Å². The van der Waals surface area contributed by atoms with Gasteiger partial charge in [-0.25, -0.2) is 4.89 Å². The molecule has 4 nitrogen and oxygen atoms in total. The van der Waals surface area contributed by atoms with Gasteiger partial charge in [0.1, 0.15) is 5.60 Å². The van der Waals surface area contributed by atoms with Gasteiger partial charge >= 0.3 is 5.97 Å². The highest BCUT2D eigenvalue weighted by Gasteiger charge is 2.42. The lowest BCUT2D eigenvalue weighted by Crippen LogP contribution is -2.39. The molecular weight excluding hydrogens is 244 g/mol. The van der Waals surface area contributed by atoms with Crippen molar-refractivity contribution in [3.8, 4) is 0 Å². The monoisotopic (exact) mass is 268 g/mol. The van der Waals surface area contributed by atoms with Crippen molar-refractivity contribution in [1.82, 2.24) is 0 Å². The molecule has 2 aliphatic rings. The second-order valence-corrected chi connectivity index (χ2v) is 6.48. The number of carbonyl (C=O) groups is 1. The quantitative estimate of drug-likeness (QED) is 0.468. The van der Waals surface area contributed by atoms with Crippen molar-refractivity contribution in [1.29, 1.82) is 0 Å². The molecule has 0 amide bonds. The average Bonchev–Trinajstić information content (AvgIpc) is 2.38. The highest BCUT2D eigenvalue weighted by Crippen LogP contribution is 2.48. The van der Waals surface area contributed by atoms with Crippen molar-refractivity contribution in [2.75, 3.05) is 0 Å². The summed E-state index contributed by atoms with van der Waals surface area (Å²) in [4.78, 5) is 15.9. The fourth-order valence-corrected chi connectivity index (χ4v) is 3.73. The third-order valence-electron chi connectivity index (χ3n) is 5.10. The second-order valence-electron chi connectivity index (χ2n) is 6.48. The van der Waals surface area contributed by atoms with E-state index in [-0.39, 0.29) is 11.8 Å². The first kappa shape index (κ1) is 14.5. The highest BCUT2D eigenvalue weighted by molar-refractivity contribution is 5.70. The molecule has 2 rings (SSSR count). The van der Waals surface area contributed by atoms with E-state index < -0.39 is 11.6 Å². The molecule has 2 aliphatic carbocycles. The van der Waals surface area contributed by atoms with E-state index in [4.69, 9.17) is 5.26 Å². The summed E-state index contributed by atoms with van der Waals surface area (Å²) in [6, 6.07) is 0. The van der Waals surface area contributed by atoms with Crippen LogP contribution >= 0.6 is 0 Å². The number of carboxylic acid groups (broad SMARTS) is 1. The zero-order valence-electron chi connectivity index (χ0n) is 11.9. The number of fused-ring (bicyclic) bond motifs is 1. The number of allylic oxidation sites excluding steroid dienone is 1. The van der Waals surface area contributed by atoms with Gasteiger partial charge in [-0.2, -0.15) is 0 Å². The Kier molecular flexibility index (Phi) is 4.02. The molecule has 0 radical (unpaired) electrons. The predicted octanol–water partition coefficient (Wildman–Crippen LogP) is 3.34. The van der Waals surface area contributed by atoms with Crippen molar-refractivity contribution in [2.24, 2.45) is 23.7 Å². The molecule has 1 saturated carbocycles. The van der Waals surface area contributed by atoms with Gasteiger partial charge in [0.05, 0.1) is 5.92 Å². The predicted molar refractivity (Wildman–Crippen MR) is 71.6 cm³/mol. The smallest absolute Gasteiger partial charge is 0.306 e. The summed E-state index contributed by atoms with van der Waals surface area (Å²) in [6.07, 6.45) is 5.74. The molecule has 0 aromatic heterocycles. The van der Waals surface area contributed by atoms with E-state index in [0.29, 0.717) is 11.8 Å². The molecule has 4 heteroatoms. The van der Waals surface area contributed by atoms with E-state index in [0.717, 1.165) is 25.7 Å². The van der Waals surface area contributed by atoms with Gasteiger partial charge in [0, 0.05) is 0 Å². The van der Waals surface area contributed by atoms with Crippen LogP contribution in [0.1, 0.15) is 46.5 Å². The summed E-state index contributed by atoms with van der Waals surface area (Å²) < 4.78 is 0. The Balaban J connectivity index is 2.33. The molecule has 2 N–H and O–H groups in total. The lowest BCUT2D eigenvalue weighted by atomic mass is 9.62. The van der Waals surface area contributed by atoms with Gasteiger partial charge < -0.3 is 5.11 Å². The summed E-state index contributed by atoms with van der Waals surface area (Å²) in [5, 5.41) is 18.3. The van der Waals surface area contributed by atoms with Gasteiger partial charge in [-0.05, 0) is 50.4 Å². The fourth-order valence-electron chi connectivity index (χ4n) is 3.73. The zero-order chi connectivity index (χ0) is 14.2. The van der Waals surface area contributed by atoms with Crippen LogP contribution in [0.4, 0.5) is 0 Å². The molecule has 5 atom stereocenters. The van der Waals surface area contributed by atoms with E-state index in [1.54, 1.807) is 6.92 Å². The van der Waals surface area contributed by atoms with E-state index in [1.165, 1.54) is 5.57 Å². The first-order valence-corrected chi connectivity index (χ1v) is 7.16. The number of hydrogen-bond donors (Lipinski definition) is 2. The van der Waals surface area contributed by atoms with Crippen LogP contribution in [0.2, 0.25) is 0 Å². The van der Waals surface area contributed by atoms with Gasteiger partial charge in [0.15, 0.2) is 0 Å². The highest BCUT2D eigenvalue weighted by atomic mass is 17.1. The molecule has 1 unspecified atom stereocenters. The Morgan fingerprint density at radius 3 is 2.74 bits per heavy atom. The third-order valence-corrected chi connectivity index (χ3v) is 5.10. The van der Waals surface area contributed by atoms with Gasteiger partial charge in [-0.15, -0.1) is 0 Å². The Hall–Kier alpha value is -0.870. The van der Waals surface area contributed by atoms with Crippen LogP contribution in [-0.4, -0.2) is 21.9 Å². The van der Waals surface area contributed by atoms with Gasteiger partial charge in [0.2, 0.25) is 0 Å². The molecule has 0 spiro atoms. The number of carboxylic acids is 1. The van der Waals surface area contributed by atoms with Gasteiger partial charge in [0.25, 0.3) is 0 Å². The summed E-state index contributed by atoms with van der Waals surface area (Å²) in [7, 11) is 0. The standard InChI is InChI=1S/C15H24O4/c1-9-4-5-12(10(2)14(16)17)13-8-15(3,19-18)7-6-11(9)13/h8-12,18H,4-7H2,1-3H3,(H,16,17)/t9-,10-,11+,12+,15?/m1/s1. The van der Waals surface area contributed by atoms with E-state index >= 15 is 0 Å². The SMILES string of the molecule is C[C@@H]1CC[C@@H]([C@@H](C)C(=O)O)C2=CC(C)(OO)CC[C@H]21. The second kappa shape index (κ2) is 5.25. The maximum atomic E-state index is 11.3.